The number of rotatable bonds is 0. The Morgan fingerprint density at radius 2 is 1.58 bits per heavy atom. The van der Waals surface area contributed by atoms with E-state index in [1.807, 2.05) is 0 Å². The molecule has 0 aromatic rings. The molecule has 0 spiro atoms. The third-order valence-corrected chi connectivity index (χ3v) is 0.943. The van der Waals surface area contributed by atoms with Gasteiger partial charge < -0.3 is 0 Å². The standard InChI is InChI=1S/C5H10O2.CHO2.2Ag/c1-5(2,3)4(6)7;2-1-3;;/h1-3H3,(H,6,7);(H,2,3);;/q;;;+1/p-1. The molecule has 6 heteroatoms. The molecule has 0 aromatic carbocycles. The average molecular weight is 362 g/mol. The quantitative estimate of drug-likeness (QED) is 0.659. The van der Waals surface area contributed by atoms with Crippen molar-refractivity contribution < 1.29 is 60.5 Å². The molecule has 80 valence electrons. The predicted octanol–water partition coefficient (Wildman–Crippen LogP) is 1.25. The van der Waals surface area contributed by atoms with Gasteiger partial charge in [-0.25, -0.2) is 0 Å². The fourth-order valence-corrected chi connectivity index (χ4v) is 0.546. The van der Waals surface area contributed by atoms with Gasteiger partial charge in [0.1, 0.15) is 0 Å². The Kier molecular flexibility index (Phi) is 8.56. The van der Waals surface area contributed by atoms with Crippen molar-refractivity contribution in [3.05, 3.63) is 0 Å². The zero-order valence-corrected chi connectivity index (χ0v) is 9.74. The summed E-state index contributed by atoms with van der Waals surface area (Å²) in [5, 5.41) is 7.33. The van der Waals surface area contributed by atoms with E-state index < -0.39 is 9.60 Å². The van der Waals surface area contributed by atoms with Crippen LogP contribution in [-0.2, 0) is 50.6 Å². The predicted molar refractivity (Wildman–Crippen MR) is 33.6 cm³/mol. The first-order valence-electron chi connectivity index (χ1n) is 2.86. The minimum atomic E-state index is -1.02. The number of hydrogen-bond donors (Lipinski definition) is 1. The van der Waals surface area contributed by atoms with Crippen molar-refractivity contribution in [1.82, 2.24) is 0 Å². The van der Waals surface area contributed by atoms with Crippen LogP contribution < -0.4 is 0 Å². The van der Waals surface area contributed by atoms with Gasteiger partial charge in [0, 0.05) is 0 Å². The molecule has 0 aliphatic heterocycles. The first-order chi connectivity index (χ1) is 5.21. The van der Waals surface area contributed by atoms with Crippen LogP contribution in [0, 0.1) is 5.41 Å². The maximum absolute atomic E-state index is 10.6. The summed E-state index contributed by atoms with van der Waals surface area (Å²) in [6.45, 7) is 5.36. The second-order valence-corrected chi connectivity index (χ2v) is 3.76. The second-order valence-electron chi connectivity index (χ2n) is 2.82. The average Bonchev–Trinajstić information content (AvgIpc) is 1.82. The fraction of sp³-hybridized carbons (Fsp3) is 0.667. The topological polar surface area (TPSA) is 63.6 Å². The molecule has 12 heavy (non-hydrogen) atoms. The molecular formula is C6H10Ag2O4. The molecule has 4 nitrogen and oxygen atoms in total. The Balaban J connectivity index is 0. The van der Waals surface area contributed by atoms with E-state index in [0.717, 1.165) is 0 Å². The van der Waals surface area contributed by atoms with Crippen molar-refractivity contribution >= 4 is 10.2 Å². The van der Waals surface area contributed by atoms with Gasteiger partial charge in [0.25, 0.3) is 0 Å². The Bertz CT molecular complexity index is 157. The molecule has 0 saturated carbocycles. The van der Waals surface area contributed by atoms with Gasteiger partial charge in [-0.15, -0.1) is 0 Å². The molecule has 0 atom stereocenters. The van der Waals surface area contributed by atoms with Gasteiger partial charge in [-0.2, -0.15) is 0 Å². The second kappa shape index (κ2) is 6.89. The van der Waals surface area contributed by atoms with Crippen molar-refractivity contribution in [3.63, 3.8) is 0 Å². The summed E-state index contributed by atoms with van der Waals surface area (Å²) < 4.78 is 3.26. The van der Waals surface area contributed by atoms with Crippen LogP contribution in [0.15, 0.2) is 0 Å². The summed E-state index contributed by atoms with van der Waals surface area (Å²) in [5.74, 6) is -0.253. The van der Waals surface area contributed by atoms with Crippen molar-refractivity contribution in [1.29, 1.82) is 0 Å². The SMILES string of the molecule is CC(C)(C)C(=O)[O][Ag].O=[C](O)[Ag]. The summed E-state index contributed by atoms with van der Waals surface area (Å²) >= 11 is 4.82. The fourth-order valence-electron chi connectivity index (χ4n) is 0.0923. The van der Waals surface area contributed by atoms with Gasteiger partial charge in [0.15, 0.2) is 0 Å². The van der Waals surface area contributed by atoms with E-state index in [1.54, 1.807) is 20.8 Å². The monoisotopic (exact) mass is 360 g/mol. The van der Waals surface area contributed by atoms with Crippen LogP contribution in [0.3, 0.4) is 0 Å². The molecular weight excluding hydrogens is 352 g/mol. The summed E-state index contributed by atoms with van der Waals surface area (Å²) in [6.07, 6.45) is 0. The summed E-state index contributed by atoms with van der Waals surface area (Å²) in [5.41, 5.74) is -0.400. The van der Waals surface area contributed by atoms with E-state index in [1.165, 1.54) is 0 Å². The van der Waals surface area contributed by atoms with Crippen LogP contribution >= 0.6 is 0 Å². The third kappa shape index (κ3) is 13.0. The van der Waals surface area contributed by atoms with Gasteiger partial charge >= 0.3 is 96.8 Å². The van der Waals surface area contributed by atoms with Crippen LogP contribution in [0.1, 0.15) is 20.8 Å². The van der Waals surface area contributed by atoms with Crippen LogP contribution in [0.2, 0.25) is 0 Å². The van der Waals surface area contributed by atoms with Crippen LogP contribution in [0.25, 0.3) is 0 Å². The normalized spacial score (nSPS) is 9.58. The number of carbonyl (C=O) groups excluding carboxylic acids is 1. The Morgan fingerprint density at radius 1 is 1.33 bits per heavy atom. The molecule has 0 aromatic heterocycles. The van der Waals surface area contributed by atoms with E-state index in [4.69, 9.17) is 9.90 Å². The molecule has 1 N–H and O–H groups in total. The summed E-state index contributed by atoms with van der Waals surface area (Å²) in [6, 6.07) is 0. The Hall–Kier alpha value is 0.421. The molecule has 0 amide bonds. The Labute approximate surface area is 96.4 Å². The molecule has 0 aliphatic carbocycles. The third-order valence-electron chi connectivity index (χ3n) is 0.668. The van der Waals surface area contributed by atoms with Gasteiger partial charge in [-0.05, 0) is 0 Å². The molecule has 0 bridgehead atoms. The van der Waals surface area contributed by atoms with Crippen molar-refractivity contribution in [2.24, 2.45) is 5.41 Å². The molecule has 0 aliphatic rings. The maximum atomic E-state index is 10.6. The zero-order chi connectivity index (χ0) is 10.4. The van der Waals surface area contributed by atoms with Crippen LogP contribution in [0.4, 0.5) is 4.79 Å². The zero-order valence-electron chi connectivity index (χ0n) is 6.77. The number of carboxylic acid groups (broad SMARTS) is 1. The van der Waals surface area contributed by atoms with Gasteiger partial charge in [-0.3, -0.25) is 0 Å². The van der Waals surface area contributed by atoms with Crippen molar-refractivity contribution in [2.75, 3.05) is 0 Å². The van der Waals surface area contributed by atoms with Crippen LogP contribution in [-0.4, -0.2) is 15.3 Å². The number of carbonyl (C=O) groups is 2. The molecule has 0 saturated heterocycles. The van der Waals surface area contributed by atoms with Gasteiger partial charge in [-0.1, -0.05) is 0 Å². The van der Waals surface area contributed by atoms with Gasteiger partial charge in [0.2, 0.25) is 0 Å². The van der Waals surface area contributed by atoms with E-state index >= 15 is 0 Å². The molecule has 0 heterocycles. The van der Waals surface area contributed by atoms with Crippen molar-refractivity contribution in [3.8, 4) is 0 Å². The number of hydrogen-bond acceptors (Lipinski definition) is 3. The minimum absolute atomic E-state index is 0.253. The summed E-state index contributed by atoms with van der Waals surface area (Å²) in [4.78, 5) is 19.5. The van der Waals surface area contributed by atoms with E-state index in [0.29, 0.717) is 0 Å². The van der Waals surface area contributed by atoms with E-state index in [-0.39, 0.29) is 5.97 Å². The molecule has 0 rings (SSSR count). The van der Waals surface area contributed by atoms with Gasteiger partial charge in [0.05, 0.1) is 0 Å². The van der Waals surface area contributed by atoms with Crippen molar-refractivity contribution in [2.45, 2.75) is 20.8 Å². The van der Waals surface area contributed by atoms with Crippen LogP contribution in [0.5, 0.6) is 0 Å². The summed E-state index contributed by atoms with van der Waals surface area (Å²) in [7, 11) is 0. The first kappa shape index (κ1) is 14.9. The Morgan fingerprint density at radius 3 is 1.58 bits per heavy atom. The van der Waals surface area contributed by atoms with E-state index in [2.05, 4.69) is 45.8 Å². The van der Waals surface area contributed by atoms with E-state index in [9.17, 15) is 4.79 Å². The molecule has 0 radical (unpaired) electrons. The first-order valence-corrected chi connectivity index (χ1v) is 4.21. The molecule has 0 unspecified atom stereocenters. The molecule has 0 fully saturated rings.